The molecule has 0 saturated carbocycles. The smallest absolute Gasteiger partial charge is 0.356 e. The molecule has 1 aromatic heterocycles. The van der Waals surface area contributed by atoms with Gasteiger partial charge in [0.2, 0.25) is 0 Å². The fourth-order valence-corrected chi connectivity index (χ4v) is 1.70. The Morgan fingerprint density at radius 1 is 1.27 bits per heavy atom. The van der Waals surface area contributed by atoms with Gasteiger partial charge in [0.05, 0.1) is 26.1 Å². The molecule has 0 aliphatic carbocycles. The van der Waals surface area contributed by atoms with Crippen LogP contribution in [0.5, 0.6) is 11.5 Å². The van der Waals surface area contributed by atoms with Crippen LogP contribution < -0.4 is 14.8 Å². The molecule has 0 aliphatic rings. The quantitative estimate of drug-likeness (QED) is 0.721. The number of hydrogen-bond acceptors (Lipinski definition) is 6. The van der Waals surface area contributed by atoms with Gasteiger partial charge < -0.3 is 19.9 Å². The highest BCUT2D eigenvalue weighted by Gasteiger charge is 2.04. The maximum atomic E-state index is 10.6. The molecule has 0 atom stereocenters. The van der Waals surface area contributed by atoms with E-state index in [-0.39, 0.29) is 5.69 Å². The lowest BCUT2D eigenvalue weighted by Crippen LogP contribution is -2.09. The normalized spacial score (nSPS) is 10.0. The van der Waals surface area contributed by atoms with Crippen LogP contribution in [0.4, 0.5) is 5.82 Å². The Balaban J connectivity index is 1.69. The number of anilines is 1. The second-order valence-corrected chi connectivity index (χ2v) is 4.40. The van der Waals surface area contributed by atoms with E-state index >= 15 is 0 Å². The number of carboxylic acid groups (broad SMARTS) is 1. The summed E-state index contributed by atoms with van der Waals surface area (Å²) in [5.74, 6) is 0.950. The number of nitrogens with zero attached hydrogens (tertiary/aromatic N) is 2. The van der Waals surface area contributed by atoms with Crippen molar-refractivity contribution >= 4 is 11.8 Å². The predicted molar refractivity (Wildman–Crippen MR) is 80.6 cm³/mol. The van der Waals surface area contributed by atoms with Crippen LogP contribution in [0.15, 0.2) is 36.7 Å². The Labute approximate surface area is 127 Å². The Bertz CT molecular complexity index is 616. The molecule has 7 nitrogen and oxygen atoms in total. The third-order valence-electron chi connectivity index (χ3n) is 2.81. The molecule has 7 heteroatoms. The van der Waals surface area contributed by atoms with E-state index in [0.29, 0.717) is 19.0 Å². The average Bonchev–Trinajstić information content (AvgIpc) is 2.55. The summed E-state index contributed by atoms with van der Waals surface area (Å²) in [7, 11) is 1.61. The Morgan fingerprint density at radius 3 is 2.77 bits per heavy atom. The molecule has 0 spiro atoms. The highest BCUT2D eigenvalue weighted by molar-refractivity contribution is 5.84. The molecule has 2 rings (SSSR count). The van der Waals surface area contributed by atoms with E-state index in [2.05, 4.69) is 15.3 Å². The molecule has 0 bridgehead atoms. The maximum absolute atomic E-state index is 10.6. The largest absolute Gasteiger partial charge is 0.497 e. The van der Waals surface area contributed by atoms with E-state index in [4.69, 9.17) is 14.6 Å². The molecule has 0 amide bonds. The summed E-state index contributed by atoms with van der Waals surface area (Å²) >= 11 is 0. The van der Waals surface area contributed by atoms with Crippen LogP contribution in [0.3, 0.4) is 0 Å². The van der Waals surface area contributed by atoms with Crippen molar-refractivity contribution in [2.45, 2.75) is 6.42 Å². The first kappa shape index (κ1) is 15.6. The fraction of sp³-hybridized carbons (Fsp3) is 0.267. The van der Waals surface area contributed by atoms with Crippen LogP contribution in [-0.4, -0.2) is 41.3 Å². The maximum Gasteiger partial charge on any atom is 0.356 e. The van der Waals surface area contributed by atoms with Crippen molar-refractivity contribution < 1.29 is 19.4 Å². The number of rotatable bonds is 8. The number of ether oxygens (including phenoxy) is 2. The third-order valence-corrected chi connectivity index (χ3v) is 2.81. The molecule has 2 N–H and O–H groups in total. The zero-order valence-electron chi connectivity index (χ0n) is 12.2. The Morgan fingerprint density at radius 2 is 2.09 bits per heavy atom. The summed E-state index contributed by atoms with van der Waals surface area (Å²) < 4.78 is 10.7. The number of carboxylic acids is 1. The second-order valence-electron chi connectivity index (χ2n) is 4.40. The standard InChI is InChI=1S/C15H17N3O4/c1-21-11-4-2-5-12(8-11)22-7-3-6-16-14-10-17-13(9-18-14)15(19)20/h2,4-5,8-10H,3,6-7H2,1H3,(H,16,18)(H,19,20). The molecular formula is C15H17N3O4. The first-order valence-corrected chi connectivity index (χ1v) is 6.75. The molecule has 116 valence electrons. The van der Waals surface area contributed by atoms with Crippen LogP contribution in [-0.2, 0) is 0 Å². The van der Waals surface area contributed by atoms with Crippen LogP contribution in [0.1, 0.15) is 16.9 Å². The van der Waals surface area contributed by atoms with E-state index in [9.17, 15) is 4.79 Å². The van der Waals surface area contributed by atoms with Crippen LogP contribution >= 0.6 is 0 Å². The van der Waals surface area contributed by atoms with E-state index in [1.54, 1.807) is 7.11 Å². The summed E-state index contributed by atoms with van der Waals surface area (Å²) in [6.07, 6.45) is 3.38. The van der Waals surface area contributed by atoms with Gasteiger partial charge in [0.25, 0.3) is 0 Å². The average molecular weight is 303 g/mol. The van der Waals surface area contributed by atoms with Crippen molar-refractivity contribution in [1.29, 1.82) is 0 Å². The zero-order valence-corrected chi connectivity index (χ0v) is 12.2. The third kappa shape index (κ3) is 4.62. The SMILES string of the molecule is COc1cccc(OCCCNc2cnc(C(=O)O)cn2)c1. The second kappa shape index (κ2) is 7.82. The summed E-state index contributed by atoms with van der Waals surface area (Å²) in [5.41, 5.74) is -0.0769. The minimum Gasteiger partial charge on any atom is -0.497 e. The number of benzene rings is 1. The first-order chi connectivity index (χ1) is 10.7. The molecule has 0 aliphatic heterocycles. The van der Waals surface area contributed by atoms with Crippen molar-refractivity contribution in [3.63, 3.8) is 0 Å². The molecule has 0 unspecified atom stereocenters. The Hall–Kier alpha value is -2.83. The highest BCUT2D eigenvalue weighted by Crippen LogP contribution is 2.18. The summed E-state index contributed by atoms with van der Waals surface area (Å²) in [4.78, 5) is 18.4. The lowest BCUT2D eigenvalue weighted by molar-refractivity contribution is 0.0690. The van der Waals surface area contributed by atoms with Gasteiger partial charge in [0.15, 0.2) is 5.69 Å². The number of methoxy groups -OCH3 is 1. The lowest BCUT2D eigenvalue weighted by Gasteiger charge is -2.08. The molecule has 0 fully saturated rings. The van der Waals surface area contributed by atoms with Gasteiger partial charge in [0.1, 0.15) is 17.3 Å². The van der Waals surface area contributed by atoms with Gasteiger partial charge in [-0.15, -0.1) is 0 Å². The zero-order chi connectivity index (χ0) is 15.8. The molecule has 1 aromatic carbocycles. The Kier molecular flexibility index (Phi) is 5.53. The van der Waals surface area contributed by atoms with Gasteiger partial charge in [0, 0.05) is 12.6 Å². The van der Waals surface area contributed by atoms with Gasteiger partial charge >= 0.3 is 5.97 Å². The monoisotopic (exact) mass is 303 g/mol. The van der Waals surface area contributed by atoms with E-state index < -0.39 is 5.97 Å². The van der Waals surface area contributed by atoms with Gasteiger partial charge in [-0.05, 0) is 18.6 Å². The number of aromatic nitrogens is 2. The van der Waals surface area contributed by atoms with Crippen LogP contribution in [0.25, 0.3) is 0 Å². The number of aromatic carboxylic acids is 1. The first-order valence-electron chi connectivity index (χ1n) is 6.75. The van der Waals surface area contributed by atoms with Crippen LogP contribution in [0, 0.1) is 0 Å². The van der Waals surface area contributed by atoms with Crippen molar-refractivity contribution in [3.05, 3.63) is 42.4 Å². The number of hydrogen-bond donors (Lipinski definition) is 2. The van der Waals surface area contributed by atoms with E-state index in [1.807, 2.05) is 24.3 Å². The molecular weight excluding hydrogens is 286 g/mol. The van der Waals surface area contributed by atoms with E-state index in [1.165, 1.54) is 12.4 Å². The van der Waals surface area contributed by atoms with Gasteiger partial charge in [-0.1, -0.05) is 6.07 Å². The van der Waals surface area contributed by atoms with E-state index in [0.717, 1.165) is 17.9 Å². The summed E-state index contributed by atoms with van der Waals surface area (Å²) in [5, 5.41) is 11.8. The molecule has 1 heterocycles. The predicted octanol–water partition coefficient (Wildman–Crippen LogP) is 2.06. The van der Waals surface area contributed by atoms with Gasteiger partial charge in [-0.25, -0.2) is 14.8 Å². The lowest BCUT2D eigenvalue weighted by atomic mass is 10.3. The molecule has 2 aromatic rings. The van der Waals surface area contributed by atoms with Gasteiger partial charge in [-0.3, -0.25) is 0 Å². The minimum atomic E-state index is -1.09. The summed E-state index contributed by atoms with van der Waals surface area (Å²) in [6.45, 7) is 1.19. The fourth-order valence-electron chi connectivity index (χ4n) is 1.70. The number of nitrogens with one attached hydrogen (secondary N) is 1. The van der Waals surface area contributed by atoms with Crippen LogP contribution in [0.2, 0.25) is 0 Å². The van der Waals surface area contributed by atoms with Crippen molar-refractivity contribution in [2.24, 2.45) is 0 Å². The highest BCUT2D eigenvalue weighted by atomic mass is 16.5. The minimum absolute atomic E-state index is 0.0769. The molecule has 0 radical (unpaired) electrons. The van der Waals surface area contributed by atoms with Crippen molar-refractivity contribution in [1.82, 2.24) is 9.97 Å². The topological polar surface area (TPSA) is 93.6 Å². The molecule has 22 heavy (non-hydrogen) atoms. The molecule has 0 saturated heterocycles. The number of carbonyl (C=O) groups is 1. The van der Waals surface area contributed by atoms with Crippen molar-refractivity contribution in [3.8, 4) is 11.5 Å². The summed E-state index contributed by atoms with van der Waals surface area (Å²) in [6, 6.07) is 7.41. The van der Waals surface area contributed by atoms with Gasteiger partial charge in [-0.2, -0.15) is 0 Å². The van der Waals surface area contributed by atoms with Crippen molar-refractivity contribution in [2.75, 3.05) is 25.6 Å².